The fraction of sp³-hybridized carbons (Fsp3) is 0.611. The molecule has 0 amide bonds. The van der Waals surface area contributed by atoms with E-state index in [2.05, 4.69) is 15.1 Å². The third kappa shape index (κ3) is 7.21. The number of benzene rings is 1. The van der Waals surface area contributed by atoms with Gasteiger partial charge in [0.15, 0.2) is 0 Å². The second-order valence-electron chi connectivity index (χ2n) is 6.32. The molecule has 1 aromatic carbocycles. The third-order valence-electron chi connectivity index (χ3n) is 4.26. The summed E-state index contributed by atoms with van der Waals surface area (Å²) in [6.07, 6.45) is 1.11. The highest BCUT2D eigenvalue weighted by atomic mass is 35.5. The molecule has 10 heteroatoms. The molecular weight excluding hydrogens is 424 g/mol. The molecule has 7 nitrogen and oxygen atoms in total. The predicted octanol–water partition coefficient (Wildman–Crippen LogP) is 3.15. The Hall–Kier alpha value is -0.820. The van der Waals surface area contributed by atoms with Crippen LogP contribution in [0.1, 0.15) is 18.9 Å². The van der Waals surface area contributed by atoms with Crippen LogP contribution in [0, 0.1) is 0 Å². The van der Waals surface area contributed by atoms with Crippen molar-refractivity contribution in [2.24, 2.45) is 0 Å². The molecule has 0 bridgehead atoms. The van der Waals surface area contributed by atoms with Crippen molar-refractivity contribution in [1.29, 1.82) is 0 Å². The summed E-state index contributed by atoms with van der Waals surface area (Å²) in [6, 6.07) is 7.03. The monoisotopic (exact) mass is 451 g/mol. The summed E-state index contributed by atoms with van der Waals surface area (Å²) in [5.41, 5.74) is 1.92. The summed E-state index contributed by atoms with van der Waals surface area (Å²) < 4.78 is 23.3. The van der Waals surface area contributed by atoms with Gasteiger partial charge in [0, 0.05) is 37.1 Å². The van der Waals surface area contributed by atoms with E-state index < -0.39 is 19.7 Å². The lowest BCUT2D eigenvalue weighted by Gasteiger charge is -2.28. The van der Waals surface area contributed by atoms with Gasteiger partial charge in [0.25, 0.3) is 0 Å². The number of ether oxygens (including phenoxy) is 1. The molecule has 1 aromatic rings. The van der Waals surface area contributed by atoms with Crippen LogP contribution in [0.25, 0.3) is 0 Å². The normalized spacial score (nSPS) is 20.5. The number of hydrogen-bond acceptors (Lipinski definition) is 5. The first-order valence-corrected chi connectivity index (χ1v) is 12.1. The van der Waals surface area contributed by atoms with E-state index >= 15 is 0 Å². The van der Waals surface area contributed by atoms with Gasteiger partial charge in [-0.25, -0.2) is 10.2 Å². The van der Waals surface area contributed by atoms with Gasteiger partial charge in [0.2, 0.25) is 0 Å². The number of nitrogens with one attached hydrogen (secondary N) is 2. The van der Waals surface area contributed by atoms with Crippen LogP contribution in [0.4, 0.5) is 5.69 Å². The SMILES string of the molecule is CCOC(=O)[C@@H](Cc1ccc(N(CCCl)CCCl)cc1)N[P@]1(=O)NCCCO1. The number of carbonyl (C=O) groups is 1. The van der Waals surface area contributed by atoms with Gasteiger partial charge >= 0.3 is 13.6 Å². The highest BCUT2D eigenvalue weighted by Crippen LogP contribution is 2.40. The van der Waals surface area contributed by atoms with E-state index in [1.165, 1.54) is 0 Å². The van der Waals surface area contributed by atoms with E-state index in [9.17, 15) is 9.36 Å². The van der Waals surface area contributed by atoms with Gasteiger partial charge in [-0.1, -0.05) is 12.1 Å². The summed E-state index contributed by atoms with van der Waals surface area (Å²) in [6.45, 7) is 4.35. The molecule has 158 valence electrons. The molecule has 2 rings (SSSR count). The van der Waals surface area contributed by atoms with E-state index in [1.807, 2.05) is 24.3 Å². The summed E-state index contributed by atoms with van der Waals surface area (Å²) in [4.78, 5) is 14.5. The van der Waals surface area contributed by atoms with Crippen molar-refractivity contribution in [3.05, 3.63) is 29.8 Å². The van der Waals surface area contributed by atoms with Crippen molar-refractivity contribution in [2.75, 3.05) is 49.5 Å². The Bertz CT molecular complexity index is 647. The Morgan fingerprint density at radius 2 is 2.00 bits per heavy atom. The van der Waals surface area contributed by atoms with E-state index in [1.54, 1.807) is 6.92 Å². The van der Waals surface area contributed by atoms with Crippen LogP contribution in [-0.2, 0) is 25.0 Å². The second-order valence-corrected chi connectivity index (χ2v) is 9.01. The van der Waals surface area contributed by atoms with Crippen LogP contribution in [0.5, 0.6) is 0 Å². The molecule has 1 fully saturated rings. The minimum atomic E-state index is -3.27. The van der Waals surface area contributed by atoms with Crippen molar-refractivity contribution in [2.45, 2.75) is 25.8 Å². The van der Waals surface area contributed by atoms with Gasteiger partial charge in [0.1, 0.15) is 6.04 Å². The van der Waals surface area contributed by atoms with Crippen molar-refractivity contribution >= 4 is 42.5 Å². The van der Waals surface area contributed by atoms with Gasteiger partial charge < -0.3 is 14.2 Å². The standard InChI is InChI=1S/C18H28Cl2N3O4P/c1-2-26-18(24)17(22-28(25)21-10-3-13-27-28)14-15-4-6-16(7-5-15)23(11-8-19)12-9-20/h4-7,17H,2-3,8-14H2,1H3,(H2,21,22,25)/t17-,28+/m1/s1. The smallest absolute Gasteiger partial charge is 0.341 e. The van der Waals surface area contributed by atoms with Gasteiger partial charge in [0.05, 0.1) is 13.2 Å². The molecule has 2 atom stereocenters. The topological polar surface area (TPSA) is 79.9 Å². The molecule has 1 aliphatic rings. The minimum absolute atomic E-state index is 0.250. The fourth-order valence-electron chi connectivity index (χ4n) is 2.90. The van der Waals surface area contributed by atoms with Crippen molar-refractivity contribution in [1.82, 2.24) is 10.2 Å². The molecule has 1 saturated heterocycles. The second kappa shape index (κ2) is 12.0. The highest BCUT2D eigenvalue weighted by molar-refractivity contribution is 7.54. The Morgan fingerprint density at radius 3 is 2.54 bits per heavy atom. The average Bonchev–Trinajstić information content (AvgIpc) is 2.68. The third-order valence-corrected chi connectivity index (χ3v) is 6.44. The molecule has 0 radical (unpaired) electrons. The van der Waals surface area contributed by atoms with Crippen LogP contribution in [0.15, 0.2) is 24.3 Å². The quantitative estimate of drug-likeness (QED) is 0.303. The van der Waals surface area contributed by atoms with E-state index in [-0.39, 0.29) is 6.61 Å². The number of anilines is 1. The largest absolute Gasteiger partial charge is 0.465 e. The van der Waals surface area contributed by atoms with Crippen LogP contribution in [0.3, 0.4) is 0 Å². The van der Waals surface area contributed by atoms with Gasteiger partial charge in [-0.3, -0.25) is 9.36 Å². The molecule has 2 N–H and O–H groups in total. The average molecular weight is 452 g/mol. The maximum atomic E-state index is 12.7. The highest BCUT2D eigenvalue weighted by Gasteiger charge is 2.33. The first-order chi connectivity index (χ1) is 13.5. The first-order valence-electron chi connectivity index (χ1n) is 9.41. The number of nitrogens with zero attached hydrogens (tertiary/aromatic N) is 1. The Balaban J connectivity index is 2.10. The number of alkyl halides is 2. The van der Waals surface area contributed by atoms with Crippen LogP contribution < -0.4 is 15.1 Å². The zero-order chi connectivity index (χ0) is 20.4. The number of hydrogen-bond donors (Lipinski definition) is 2. The molecular formula is C18H28Cl2N3O4P. The zero-order valence-electron chi connectivity index (χ0n) is 16.0. The molecule has 0 aromatic heterocycles. The fourth-order valence-corrected chi connectivity index (χ4v) is 5.01. The molecule has 28 heavy (non-hydrogen) atoms. The Labute approximate surface area is 176 Å². The summed E-state index contributed by atoms with van der Waals surface area (Å²) >= 11 is 11.7. The van der Waals surface area contributed by atoms with Gasteiger partial charge in [-0.05, 0) is 37.5 Å². The van der Waals surface area contributed by atoms with E-state index in [0.29, 0.717) is 44.4 Å². The maximum absolute atomic E-state index is 12.7. The van der Waals surface area contributed by atoms with Gasteiger partial charge in [-0.15, -0.1) is 23.2 Å². The molecule has 1 heterocycles. The maximum Gasteiger partial charge on any atom is 0.341 e. The number of carbonyl (C=O) groups excluding carboxylic acids is 1. The molecule has 0 unspecified atom stereocenters. The predicted molar refractivity (Wildman–Crippen MR) is 114 cm³/mol. The number of esters is 1. The molecule has 0 saturated carbocycles. The van der Waals surface area contributed by atoms with Crippen molar-refractivity contribution in [3.63, 3.8) is 0 Å². The number of rotatable bonds is 11. The minimum Gasteiger partial charge on any atom is -0.465 e. The lowest BCUT2D eigenvalue weighted by Crippen LogP contribution is -2.42. The summed E-state index contributed by atoms with van der Waals surface area (Å²) in [5, 5.41) is 5.69. The van der Waals surface area contributed by atoms with E-state index in [4.69, 9.17) is 32.5 Å². The van der Waals surface area contributed by atoms with Crippen LogP contribution in [0.2, 0.25) is 0 Å². The number of halogens is 2. The Morgan fingerprint density at radius 1 is 1.32 bits per heavy atom. The van der Waals surface area contributed by atoms with Crippen molar-refractivity contribution in [3.8, 4) is 0 Å². The summed E-state index contributed by atoms with van der Waals surface area (Å²) in [7, 11) is -3.27. The Kier molecular flexibility index (Phi) is 10.1. The van der Waals surface area contributed by atoms with Crippen LogP contribution >= 0.6 is 30.9 Å². The zero-order valence-corrected chi connectivity index (χ0v) is 18.4. The lowest BCUT2D eigenvalue weighted by molar-refractivity contribution is -0.145. The van der Waals surface area contributed by atoms with Crippen LogP contribution in [-0.4, -0.2) is 56.6 Å². The summed E-state index contributed by atoms with van der Waals surface area (Å²) in [5.74, 6) is 0.564. The van der Waals surface area contributed by atoms with Gasteiger partial charge in [-0.2, -0.15) is 0 Å². The van der Waals surface area contributed by atoms with Crippen molar-refractivity contribution < 1.29 is 18.6 Å². The van der Waals surface area contributed by atoms with E-state index in [0.717, 1.165) is 17.7 Å². The lowest BCUT2D eigenvalue weighted by atomic mass is 10.1. The molecule has 1 aliphatic heterocycles. The molecule has 0 aliphatic carbocycles. The first kappa shape index (κ1) is 23.5. The molecule has 0 spiro atoms.